The number of aromatic carboxylic acids is 1. The molecule has 23 heavy (non-hydrogen) atoms. The molecule has 1 aromatic heterocycles. The summed E-state index contributed by atoms with van der Waals surface area (Å²) in [6, 6.07) is 8.18. The Morgan fingerprint density at radius 2 is 2.13 bits per heavy atom. The highest BCUT2D eigenvalue weighted by Gasteiger charge is 2.20. The molecule has 2 N–H and O–H groups in total. The Bertz CT molecular complexity index is 717. The van der Waals surface area contributed by atoms with Crippen LogP contribution in [0.1, 0.15) is 27.3 Å². The molecular formula is C16H15NO6. The lowest BCUT2D eigenvalue weighted by Gasteiger charge is -2.15. The predicted molar refractivity (Wildman–Crippen MR) is 79.9 cm³/mol. The Labute approximate surface area is 131 Å². The number of carboxylic acid groups (broad SMARTS) is 1. The average Bonchev–Trinajstić information content (AvgIpc) is 3.20. The summed E-state index contributed by atoms with van der Waals surface area (Å²) in [7, 11) is 0. The maximum Gasteiger partial charge on any atom is 0.338 e. The third-order valence-electron chi connectivity index (χ3n) is 3.39. The van der Waals surface area contributed by atoms with Crippen LogP contribution in [0.4, 0.5) is 5.69 Å². The van der Waals surface area contributed by atoms with E-state index in [0.29, 0.717) is 24.7 Å². The van der Waals surface area contributed by atoms with Gasteiger partial charge in [-0.2, -0.15) is 0 Å². The first kappa shape index (κ1) is 15.1. The first-order chi connectivity index (χ1) is 11.1. The number of carbonyl (C=O) groups excluding carboxylic acids is 1. The van der Waals surface area contributed by atoms with Crippen LogP contribution in [0, 0.1) is 0 Å². The number of para-hydroxylation sites is 2. The van der Waals surface area contributed by atoms with Gasteiger partial charge in [-0.3, -0.25) is 4.79 Å². The summed E-state index contributed by atoms with van der Waals surface area (Å²) in [6.45, 7) is 1.17. The zero-order valence-corrected chi connectivity index (χ0v) is 12.2. The minimum absolute atomic E-state index is 0.0460. The van der Waals surface area contributed by atoms with Crippen LogP contribution < -0.4 is 10.1 Å². The largest absolute Gasteiger partial charge is 0.486 e. The third kappa shape index (κ3) is 3.51. The van der Waals surface area contributed by atoms with Crippen LogP contribution in [0.25, 0.3) is 0 Å². The molecule has 2 aromatic rings. The second-order valence-corrected chi connectivity index (χ2v) is 5.06. The van der Waals surface area contributed by atoms with Crippen LogP contribution >= 0.6 is 0 Å². The Kier molecular flexibility index (Phi) is 4.29. The monoisotopic (exact) mass is 317 g/mol. The molecule has 3 rings (SSSR count). The van der Waals surface area contributed by atoms with Gasteiger partial charge in [0.2, 0.25) is 0 Å². The van der Waals surface area contributed by atoms with Crippen molar-refractivity contribution in [1.29, 1.82) is 0 Å². The Morgan fingerprint density at radius 1 is 1.30 bits per heavy atom. The summed E-state index contributed by atoms with van der Waals surface area (Å²) in [5.74, 6) is -1.25. The van der Waals surface area contributed by atoms with Gasteiger partial charge >= 0.3 is 5.97 Å². The van der Waals surface area contributed by atoms with Crippen LogP contribution in [-0.4, -0.2) is 36.3 Å². The fraction of sp³-hybridized carbons (Fsp3) is 0.250. The molecule has 1 saturated heterocycles. The maximum absolute atomic E-state index is 12.2. The SMILES string of the molecule is O=C(O)c1coc(C(=O)Nc2ccccc2OC2CCOC2)c1. The molecule has 1 amide bonds. The number of anilines is 1. The van der Waals surface area contributed by atoms with E-state index >= 15 is 0 Å². The number of nitrogens with one attached hydrogen (secondary N) is 1. The van der Waals surface area contributed by atoms with E-state index in [1.807, 2.05) is 0 Å². The number of hydrogen-bond donors (Lipinski definition) is 2. The third-order valence-corrected chi connectivity index (χ3v) is 3.39. The average molecular weight is 317 g/mol. The second-order valence-electron chi connectivity index (χ2n) is 5.06. The number of amides is 1. The Morgan fingerprint density at radius 3 is 2.83 bits per heavy atom. The molecule has 1 atom stereocenters. The van der Waals surface area contributed by atoms with Gasteiger partial charge in [-0.25, -0.2) is 4.79 Å². The Balaban J connectivity index is 1.73. The second kappa shape index (κ2) is 6.53. The van der Waals surface area contributed by atoms with Gasteiger partial charge in [0.15, 0.2) is 5.76 Å². The zero-order valence-electron chi connectivity index (χ0n) is 12.2. The van der Waals surface area contributed by atoms with Gasteiger partial charge in [0.1, 0.15) is 18.1 Å². The lowest BCUT2D eigenvalue weighted by atomic mass is 10.2. The van der Waals surface area contributed by atoms with E-state index in [1.165, 1.54) is 6.07 Å². The molecule has 0 saturated carbocycles. The maximum atomic E-state index is 12.2. The normalized spacial score (nSPS) is 17.0. The molecule has 2 heterocycles. The number of benzene rings is 1. The molecule has 1 unspecified atom stereocenters. The summed E-state index contributed by atoms with van der Waals surface area (Å²) in [4.78, 5) is 23.0. The van der Waals surface area contributed by atoms with Crippen molar-refractivity contribution in [3.8, 4) is 5.75 Å². The van der Waals surface area contributed by atoms with Crippen LogP contribution in [0.2, 0.25) is 0 Å². The van der Waals surface area contributed by atoms with Crippen LogP contribution in [-0.2, 0) is 4.74 Å². The van der Waals surface area contributed by atoms with Gasteiger partial charge in [-0.15, -0.1) is 0 Å². The molecule has 7 heteroatoms. The first-order valence-electron chi connectivity index (χ1n) is 7.10. The standard InChI is InChI=1S/C16H15NO6/c18-15(14-7-10(8-22-14)16(19)20)17-12-3-1-2-4-13(12)23-11-5-6-21-9-11/h1-4,7-8,11H,5-6,9H2,(H,17,18)(H,19,20). The summed E-state index contributed by atoms with van der Waals surface area (Å²) < 4.78 is 16.1. The summed E-state index contributed by atoms with van der Waals surface area (Å²) in [6.07, 6.45) is 1.77. The van der Waals surface area contributed by atoms with E-state index in [1.54, 1.807) is 24.3 Å². The first-order valence-corrected chi connectivity index (χ1v) is 7.10. The predicted octanol–water partition coefficient (Wildman–Crippen LogP) is 2.40. The van der Waals surface area contributed by atoms with Gasteiger partial charge in [0.05, 0.1) is 24.5 Å². The van der Waals surface area contributed by atoms with E-state index in [4.69, 9.17) is 19.0 Å². The van der Waals surface area contributed by atoms with E-state index in [2.05, 4.69) is 5.32 Å². The van der Waals surface area contributed by atoms with Crippen molar-refractivity contribution < 1.29 is 28.6 Å². The summed E-state index contributed by atoms with van der Waals surface area (Å²) in [5, 5.41) is 11.5. The van der Waals surface area contributed by atoms with Crippen LogP contribution in [0.15, 0.2) is 41.0 Å². The topological polar surface area (TPSA) is 98.0 Å². The lowest BCUT2D eigenvalue weighted by molar-refractivity contribution is 0.0696. The Hall–Kier alpha value is -2.80. The van der Waals surface area contributed by atoms with Gasteiger partial charge in [-0.1, -0.05) is 12.1 Å². The molecule has 0 aliphatic carbocycles. The minimum Gasteiger partial charge on any atom is -0.486 e. The smallest absolute Gasteiger partial charge is 0.338 e. The number of rotatable bonds is 5. The van der Waals surface area contributed by atoms with E-state index in [-0.39, 0.29) is 17.4 Å². The van der Waals surface area contributed by atoms with Crippen molar-refractivity contribution in [2.45, 2.75) is 12.5 Å². The van der Waals surface area contributed by atoms with Gasteiger partial charge in [0.25, 0.3) is 5.91 Å². The van der Waals surface area contributed by atoms with E-state index in [0.717, 1.165) is 12.7 Å². The molecule has 1 aliphatic heterocycles. The van der Waals surface area contributed by atoms with Crippen molar-refractivity contribution in [2.75, 3.05) is 18.5 Å². The quantitative estimate of drug-likeness (QED) is 0.878. The van der Waals surface area contributed by atoms with Crippen molar-refractivity contribution in [3.63, 3.8) is 0 Å². The molecule has 0 bridgehead atoms. The van der Waals surface area contributed by atoms with Crippen LogP contribution in [0.5, 0.6) is 5.75 Å². The van der Waals surface area contributed by atoms with Crippen molar-refractivity contribution in [2.24, 2.45) is 0 Å². The van der Waals surface area contributed by atoms with Gasteiger partial charge in [0, 0.05) is 12.5 Å². The molecule has 1 aliphatic rings. The zero-order chi connectivity index (χ0) is 16.2. The van der Waals surface area contributed by atoms with Gasteiger partial charge in [-0.05, 0) is 12.1 Å². The van der Waals surface area contributed by atoms with Crippen LogP contribution in [0.3, 0.4) is 0 Å². The number of ether oxygens (including phenoxy) is 2. The lowest BCUT2D eigenvalue weighted by Crippen LogP contribution is -2.18. The fourth-order valence-corrected chi connectivity index (χ4v) is 2.21. The summed E-state index contributed by atoms with van der Waals surface area (Å²) >= 11 is 0. The van der Waals surface area contributed by atoms with E-state index < -0.39 is 11.9 Å². The molecule has 120 valence electrons. The van der Waals surface area contributed by atoms with Crippen molar-refractivity contribution in [1.82, 2.24) is 0 Å². The fourth-order valence-electron chi connectivity index (χ4n) is 2.21. The van der Waals surface area contributed by atoms with E-state index in [9.17, 15) is 9.59 Å². The molecule has 1 fully saturated rings. The summed E-state index contributed by atoms with van der Waals surface area (Å²) in [5.41, 5.74) is 0.403. The highest BCUT2D eigenvalue weighted by molar-refractivity contribution is 6.04. The molecule has 7 nitrogen and oxygen atoms in total. The minimum atomic E-state index is -1.15. The number of hydrogen-bond acceptors (Lipinski definition) is 5. The number of furan rings is 1. The molecule has 0 spiro atoms. The van der Waals surface area contributed by atoms with Crippen molar-refractivity contribution >= 4 is 17.6 Å². The number of carboxylic acids is 1. The van der Waals surface area contributed by atoms with Gasteiger partial charge < -0.3 is 24.3 Å². The number of carbonyl (C=O) groups is 2. The highest BCUT2D eigenvalue weighted by atomic mass is 16.5. The molecule has 0 radical (unpaired) electrons. The highest BCUT2D eigenvalue weighted by Crippen LogP contribution is 2.27. The molecule has 1 aromatic carbocycles. The van der Waals surface area contributed by atoms with Crippen molar-refractivity contribution in [3.05, 3.63) is 47.9 Å². The molecular weight excluding hydrogens is 302 g/mol.